The molecule has 0 aliphatic heterocycles. The number of carboxylic acids is 1. The number of esters is 1. The third-order valence-corrected chi connectivity index (χ3v) is 4.34. The van der Waals surface area contributed by atoms with Gasteiger partial charge in [0.05, 0.1) is 17.4 Å². The van der Waals surface area contributed by atoms with Gasteiger partial charge in [0.15, 0.2) is 0 Å². The Hall–Kier alpha value is -2.96. The van der Waals surface area contributed by atoms with Crippen LogP contribution in [0.4, 0.5) is 0 Å². The first-order valence-electron chi connectivity index (χ1n) is 9.61. The van der Waals surface area contributed by atoms with E-state index in [4.69, 9.17) is 9.84 Å². The maximum atomic E-state index is 11.8. The topological polar surface area (TPSA) is 94.3 Å². The first kappa shape index (κ1) is 21.3. The molecule has 1 aromatic heterocycles. The molecule has 0 saturated heterocycles. The standard InChI is InChI=1S/C21H27N3O4/c1-2-3-4-5-6-7-8-9-10-20(25)28-16-18-15-24(23-22-18)19-13-11-17(12-14-19)21(26)27/h2,11-15H,1,3-10,16H2,(H,26,27). The lowest BCUT2D eigenvalue weighted by atomic mass is 10.1. The van der Waals surface area contributed by atoms with Gasteiger partial charge in [0, 0.05) is 6.42 Å². The highest BCUT2D eigenvalue weighted by Gasteiger charge is 2.08. The van der Waals surface area contributed by atoms with E-state index >= 15 is 0 Å². The van der Waals surface area contributed by atoms with Crippen LogP contribution in [0.25, 0.3) is 5.69 Å². The molecule has 0 bridgehead atoms. The van der Waals surface area contributed by atoms with E-state index in [1.165, 1.54) is 36.1 Å². The number of aromatic nitrogens is 3. The molecular weight excluding hydrogens is 358 g/mol. The van der Waals surface area contributed by atoms with Gasteiger partial charge in [-0.05, 0) is 43.5 Å². The Kier molecular flexibility index (Phi) is 8.91. The van der Waals surface area contributed by atoms with Crippen molar-refractivity contribution in [3.05, 3.63) is 54.4 Å². The molecule has 7 nitrogen and oxygen atoms in total. The molecule has 0 fully saturated rings. The number of rotatable bonds is 13. The minimum Gasteiger partial charge on any atom is -0.478 e. The zero-order chi connectivity index (χ0) is 20.2. The van der Waals surface area contributed by atoms with Crippen molar-refractivity contribution in [2.75, 3.05) is 0 Å². The molecular formula is C21H27N3O4. The van der Waals surface area contributed by atoms with Gasteiger partial charge in [-0.15, -0.1) is 11.7 Å². The number of nitrogens with zero attached hydrogens (tertiary/aromatic N) is 3. The van der Waals surface area contributed by atoms with Gasteiger partial charge in [-0.2, -0.15) is 0 Å². The number of ether oxygens (including phenoxy) is 1. The molecule has 0 aliphatic carbocycles. The van der Waals surface area contributed by atoms with E-state index in [9.17, 15) is 9.59 Å². The van der Waals surface area contributed by atoms with Crippen LogP contribution in [0.15, 0.2) is 43.1 Å². The van der Waals surface area contributed by atoms with Gasteiger partial charge in [0.1, 0.15) is 12.3 Å². The second-order valence-corrected chi connectivity index (χ2v) is 6.62. The number of unbranched alkanes of at least 4 members (excludes halogenated alkanes) is 6. The maximum absolute atomic E-state index is 11.8. The summed E-state index contributed by atoms with van der Waals surface area (Å²) >= 11 is 0. The van der Waals surface area contributed by atoms with Gasteiger partial charge >= 0.3 is 11.9 Å². The first-order chi connectivity index (χ1) is 13.6. The zero-order valence-electron chi connectivity index (χ0n) is 16.0. The highest BCUT2D eigenvalue weighted by atomic mass is 16.5. The Labute approximate surface area is 165 Å². The average molecular weight is 385 g/mol. The molecule has 0 spiro atoms. The molecule has 0 atom stereocenters. The summed E-state index contributed by atoms with van der Waals surface area (Å²) in [5, 5.41) is 16.9. The van der Waals surface area contributed by atoms with Crippen molar-refractivity contribution in [1.29, 1.82) is 0 Å². The van der Waals surface area contributed by atoms with Gasteiger partial charge in [0.25, 0.3) is 0 Å². The lowest BCUT2D eigenvalue weighted by Crippen LogP contribution is -2.04. The van der Waals surface area contributed by atoms with E-state index in [0.717, 1.165) is 25.7 Å². The van der Waals surface area contributed by atoms with Crippen molar-refractivity contribution in [2.45, 2.75) is 58.0 Å². The third kappa shape index (κ3) is 7.34. The van der Waals surface area contributed by atoms with Crippen molar-refractivity contribution in [3.63, 3.8) is 0 Å². The molecule has 28 heavy (non-hydrogen) atoms. The summed E-state index contributed by atoms with van der Waals surface area (Å²) in [4.78, 5) is 22.7. The highest BCUT2D eigenvalue weighted by molar-refractivity contribution is 5.87. The number of carbonyl (C=O) groups is 2. The van der Waals surface area contributed by atoms with E-state index in [0.29, 0.717) is 17.8 Å². The lowest BCUT2D eigenvalue weighted by Gasteiger charge is -2.03. The fraction of sp³-hybridized carbons (Fsp3) is 0.429. The SMILES string of the molecule is C=CCCCCCCCCC(=O)OCc1cn(-c2ccc(C(=O)O)cc2)nn1. The molecule has 1 heterocycles. The van der Waals surface area contributed by atoms with E-state index < -0.39 is 5.97 Å². The van der Waals surface area contributed by atoms with Gasteiger partial charge in [-0.1, -0.05) is 37.0 Å². The fourth-order valence-corrected chi connectivity index (χ4v) is 2.74. The van der Waals surface area contributed by atoms with Crippen LogP contribution >= 0.6 is 0 Å². The predicted molar refractivity (Wildman–Crippen MR) is 105 cm³/mol. The largest absolute Gasteiger partial charge is 0.478 e. The van der Waals surface area contributed by atoms with Crippen molar-refractivity contribution >= 4 is 11.9 Å². The second kappa shape index (κ2) is 11.7. The van der Waals surface area contributed by atoms with Crippen molar-refractivity contribution < 1.29 is 19.4 Å². The number of allylic oxidation sites excluding steroid dienone is 1. The van der Waals surface area contributed by atoms with Crippen LogP contribution < -0.4 is 0 Å². The van der Waals surface area contributed by atoms with E-state index in [1.807, 2.05) is 6.08 Å². The predicted octanol–water partition coefficient (Wildman–Crippen LogP) is 4.32. The summed E-state index contributed by atoms with van der Waals surface area (Å²) < 4.78 is 6.76. The monoisotopic (exact) mass is 385 g/mol. The van der Waals surface area contributed by atoms with Crippen LogP contribution in [0.5, 0.6) is 0 Å². The molecule has 7 heteroatoms. The summed E-state index contributed by atoms with van der Waals surface area (Å²) in [7, 11) is 0. The lowest BCUT2D eigenvalue weighted by molar-refractivity contribution is -0.145. The Morgan fingerprint density at radius 2 is 1.75 bits per heavy atom. The number of aromatic carboxylic acids is 1. The molecule has 0 saturated carbocycles. The molecule has 0 radical (unpaired) electrons. The minimum absolute atomic E-state index is 0.0770. The Morgan fingerprint density at radius 3 is 2.43 bits per heavy atom. The zero-order valence-corrected chi connectivity index (χ0v) is 16.0. The van der Waals surface area contributed by atoms with Gasteiger partial charge < -0.3 is 9.84 Å². The summed E-state index contributed by atoms with van der Waals surface area (Å²) in [6.45, 7) is 3.79. The average Bonchev–Trinajstić information content (AvgIpc) is 3.17. The van der Waals surface area contributed by atoms with Crippen molar-refractivity contribution in [2.24, 2.45) is 0 Å². The van der Waals surface area contributed by atoms with E-state index in [1.54, 1.807) is 18.3 Å². The van der Waals surface area contributed by atoms with Crippen LogP contribution in [-0.4, -0.2) is 32.0 Å². The third-order valence-electron chi connectivity index (χ3n) is 4.34. The molecule has 150 valence electrons. The Morgan fingerprint density at radius 1 is 1.07 bits per heavy atom. The van der Waals surface area contributed by atoms with Crippen molar-refractivity contribution in [1.82, 2.24) is 15.0 Å². The van der Waals surface area contributed by atoms with E-state index in [-0.39, 0.29) is 18.1 Å². The molecule has 0 aliphatic rings. The van der Waals surface area contributed by atoms with Gasteiger partial charge in [-0.25, -0.2) is 9.48 Å². The molecule has 1 aromatic carbocycles. The molecule has 0 amide bonds. The normalized spacial score (nSPS) is 10.6. The number of hydrogen-bond donors (Lipinski definition) is 1. The maximum Gasteiger partial charge on any atom is 0.335 e. The van der Waals surface area contributed by atoms with Crippen LogP contribution in [-0.2, 0) is 16.1 Å². The number of carboxylic acid groups (broad SMARTS) is 1. The van der Waals surface area contributed by atoms with Gasteiger partial charge in [0.2, 0.25) is 0 Å². The second-order valence-electron chi connectivity index (χ2n) is 6.62. The van der Waals surface area contributed by atoms with Crippen molar-refractivity contribution in [3.8, 4) is 5.69 Å². The quantitative estimate of drug-likeness (QED) is 0.314. The fourth-order valence-electron chi connectivity index (χ4n) is 2.74. The number of hydrogen-bond acceptors (Lipinski definition) is 5. The van der Waals surface area contributed by atoms with Gasteiger partial charge in [-0.3, -0.25) is 4.79 Å². The summed E-state index contributed by atoms with van der Waals surface area (Å²) in [5.74, 6) is -1.21. The number of carbonyl (C=O) groups excluding carboxylic acids is 1. The summed E-state index contributed by atoms with van der Waals surface area (Å²) in [6, 6.07) is 6.29. The molecule has 1 N–H and O–H groups in total. The van der Waals surface area contributed by atoms with Crippen LogP contribution in [0.2, 0.25) is 0 Å². The highest BCUT2D eigenvalue weighted by Crippen LogP contribution is 2.11. The first-order valence-corrected chi connectivity index (χ1v) is 9.61. The van der Waals surface area contributed by atoms with Crippen LogP contribution in [0.3, 0.4) is 0 Å². The van der Waals surface area contributed by atoms with Crippen LogP contribution in [0.1, 0.15) is 67.4 Å². The Bertz CT molecular complexity index is 768. The molecule has 0 unspecified atom stereocenters. The smallest absolute Gasteiger partial charge is 0.335 e. The summed E-state index contributed by atoms with van der Waals surface area (Å²) in [6.07, 6.45) is 11.7. The van der Waals surface area contributed by atoms with E-state index in [2.05, 4.69) is 16.9 Å². The number of benzene rings is 1. The van der Waals surface area contributed by atoms with Crippen LogP contribution in [0, 0.1) is 0 Å². The molecule has 2 rings (SSSR count). The molecule has 2 aromatic rings. The minimum atomic E-state index is -0.981. The summed E-state index contributed by atoms with van der Waals surface area (Å²) in [5.41, 5.74) is 1.43. The Balaban J connectivity index is 1.66.